The molecule has 6 N–H and O–H groups in total. The number of hydrogen-bond acceptors (Lipinski definition) is 12. The van der Waals surface area contributed by atoms with E-state index in [1.807, 2.05) is 0 Å². The first kappa shape index (κ1) is 58.8. The van der Waals surface area contributed by atoms with Gasteiger partial charge in [-0.05, 0) is 215 Å². The maximum absolute atomic E-state index is 13.3. The van der Waals surface area contributed by atoms with Gasteiger partial charge in [-0.2, -0.15) is 16.8 Å². The predicted molar refractivity (Wildman–Crippen MR) is 282 cm³/mol. The summed E-state index contributed by atoms with van der Waals surface area (Å²) in [5.41, 5.74) is 0.247. The molecule has 0 radical (unpaired) electrons. The van der Waals surface area contributed by atoms with Crippen LogP contribution in [-0.4, -0.2) is 109 Å². The molecule has 8 aliphatic rings. The van der Waals surface area contributed by atoms with Crippen molar-refractivity contribution in [3.63, 3.8) is 0 Å². The van der Waals surface area contributed by atoms with E-state index in [1.54, 1.807) is 0 Å². The van der Waals surface area contributed by atoms with E-state index >= 15 is 0 Å². The highest BCUT2D eigenvalue weighted by Gasteiger charge is 2.65. The summed E-state index contributed by atoms with van der Waals surface area (Å²) in [6, 6.07) is 0. The average molecular weight is 1100 g/mol. The van der Waals surface area contributed by atoms with Crippen LogP contribution in [0.25, 0.3) is 0 Å². The maximum Gasteiger partial charge on any atom is 0.306 e. The summed E-state index contributed by atoms with van der Waals surface area (Å²) in [6.07, 6.45) is 16.3. The molecule has 2 amide bonds. The highest BCUT2D eigenvalue weighted by Crippen LogP contribution is 2.70. The number of nitrogens with one attached hydrogen (secondary N) is 2. The van der Waals surface area contributed by atoms with Crippen molar-refractivity contribution in [3.05, 3.63) is 0 Å². The minimum Gasteiger partial charge on any atom is -0.462 e. The normalized spacial score (nSPS) is 42.0. The molecule has 20 atom stereocenters. The first-order valence-electron chi connectivity index (χ1n) is 29.3. The molecular formula is C57H94N2O14S2. The van der Waals surface area contributed by atoms with Crippen LogP contribution >= 0.6 is 0 Å². The number of amides is 2. The Morgan fingerprint density at radius 1 is 0.520 bits per heavy atom. The zero-order valence-corrected chi connectivity index (χ0v) is 47.7. The van der Waals surface area contributed by atoms with E-state index in [-0.39, 0.29) is 107 Å². The van der Waals surface area contributed by atoms with Gasteiger partial charge >= 0.3 is 11.9 Å². The van der Waals surface area contributed by atoms with Gasteiger partial charge in [-0.3, -0.25) is 28.3 Å². The van der Waals surface area contributed by atoms with Crippen molar-refractivity contribution in [3.8, 4) is 0 Å². The Morgan fingerprint density at radius 2 is 0.880 bits per heavy atom. The van der Waals surface area contributed by atoms with Crippen LogP contribution in [0.1, 0.15) is 189 Å². The summed E-state index contributed by atoms with van der Waals surface area (Å²) in [7, 11) is -8.26. The fourth-order valence-electron chi connectivity index (χ4n) is 19.3. The predicted octanol–water partition coefficient (Wildman–Crippen LogP) is 8.08. The van der Waals surface area contributed by atoms with Gasteiger partial charge in [0.25, 0.3) is 20.2 Å². The molecule has 75 heavy (non-hydrogen) atoms. The van der Waals surface area contributed by atoms with Crippen LogP contribution in [0, 0.1) is 92.7 Å². The third-order valence-corrected chi connectivity index (χ3v) is 24.6. The largest absolute Gasteiger partial charge is 0.462 e. The number of aliphatic hydroxyl groups excluding tert-OH is 2. The second-order valence-electron chi connectivity index (χ2n) is 27.0. The van der Waals surface area contributed by atoms with Crippen LogP contribution in [0.2, 0.25) is 0 Å². The van der Waals surface area contributed by atoms with Crippen LogP contribution in [0.15, 0.2) is 0 Å². The summed E-state index contributed by atoms with van der Waals surface area (Å²) in [4.78, 5) is 51.6. The van der Waals surface area contributed by atoms with Crippen molar-refractivity contribution >= 4 is 44.0 Å². The molecule has 0 aliphatic heterocycles. The quantitative estimate of drug-likeness (QED) is 0.0498. The van der Waals surface area contributed by atoms with Crippen LogP contribution in [0.3, 0.4) is 0 Å². The Labute approximate surface area is 448 Å². The standard InChI is InChI=1S/C57H94N2O14S2/c1-34(10-16-48(62)58-26-28-74(66,67)68)40-12-14-42-52-44(20-24-56(40,42)5)54(3)22-18-38(30-36(54)32-46(52)60)72-50(64)8-7-9-51(65)73-39-19-23-55(4)37(31-39)33-47(61)53-43-15-13-41(57(43,6)25-21-45(53)55)35(2)11-17-49(63)59-27-29-75(69,70)71/h34-47,52-53,60-61H,7-33H2,1-6H3,(H,58,62)(H,59,63)(H,66,67,68)(H,69,70,71)/t34-,35-,36?,37?,38+,39+,40-,41-,42-,43-,44-,45-,46+,47+,52?,53?,54+,55+,56-,57-/m1/s1. The molecular weight excluding hydrogens is 1000 g/mol. The summed E-state index contributed by atoms with van der Waals surface area (Å²) in [5, 5.41) is 29.1. The van der Waals surface area contributed by atoms with Crippen LogP contribution < -0.4 is 10.6 Å². The SMILES string of the molecule is C[C@H](CCC(=O)NCCS(=O)(=O)O)[C@H]1CC[C@@H]2C3[C@@H](CC[C@@]21C)[C@@]1(C)CC[C@H](OC(=O)CCCC(=O)O[C@H]2CC[C@@]4(C)C(C2)C[C@H](O)C2[C@H]5CC[C@H]([C@H](C)CCC(=O)NCCS(=O)(=O)O)[C@@]5(C)CC[C@H]24)CC1C[C@@H]3O. The summed E-state index contributed by atoms with van der Waals surface area (Å²) in [6.45, 7) is 13.9. The minimum atomic E-state index is -4.13. The molecule has 8 aliphatic carbocycles. The smallest absolute Gasteiger partial charge is 0.306 e. The van der Waals surface area contributed by atoms with Crippen molar-refractivity contribution in [1.29, 1.82) is 0 Å². The van der Waals surface area contributed by atoms with Crippen LogP contribution in [-0.2, 0) is 48.9 Å². The Bertz CT molecular complexity index is 2140. The molecule has 8 saturated carbocycles. The van der Waals surface area contributed by atoms with Crippen molar-refractivity contribution in [2.24, 2.45) is 92.7 Å². The molecule has 0 aromatic heterocycles. The molecule has 428 valence electrons. The lowest BCUT2D eigenvalue weighted by atomic mass is 9.43. The van der Waals surface area contributed by atoms with Gasteiger partial charge < -0.3 is 30.3 Å². The van der Waals surface area contributed by atoms with Crippen LogP contribution in [0.4, 0.5) is 0 Å². The molecule has 0 saturated heterocycles. The Morgan fingerprint density at radius 3 is 1.25 bits per heavy atom. The topological polar surface area (TPSA) is 260 Å². The maximum atomic E-state index is 13.3. The van der Waals surface area contributed by atoms with Gasteiger partial charge in [0.1, 0.15) is 12.2 Å². The molecule has 0 bridgehead atoms. The van der Waals surface area contributed by atoms with E-state index in [4.69, 9.17) is 18.6 Å². The van der Waals surface area contributed by atoms with E-state index in [2.05, 4.69) is 52.2 Å². The van der Waals surface area contributed by atoms with Gasteiger partial charge in [0.15, 0.2) is 0 Å². The Kier molecular flexibility index (Phi) is 18.0. The fourth-order valence-corrected chi connectivity index (χ4v) is 20.1. The summed E-state index contributed by atoms with van der Waals surface area (Å²) in [5.74, 6) is 2.02. The number of hydrogen-bond donors (Lipinski definition) is 6. The van der Waals surface area contributed by atoms with E-state index < -0.39 is 43.9 Å². The molecule has 0 spiro atoms. The number of aliphatic hydroxyl groups is 2. The number of fused-ring (bicyclic) bond motifs is 10. The number of carbonyl (C=O) groups excluding carboxylic acids is 4. The number of ether oxygens (including phenoxy) is 2. The highest BCUT2D eigenvalue weighted by atomic mass is 32.2. The Balaban J connectivity index is 0.748. The zero-order chi connectivity index (χ0) is 54.5. The van der Waals surface area contributed by atoms with E-state index in [0.717, 1.165) is 89.9 Å². The molecule has 0 aromatic carbocycles. The van der Waals surface area contributed by atoms with Crippen LogP contribution in [0.5, 0.6) is 0 Å². The first-order chi connectivity index (χ1) is 35.1. The lowest BCUT2D eigenvalue weighted by Gasteiger charge is -2.62. The van der Waals surface area contributed by atoms with Gasteiger partial charge in [-0.15, -0.1) is 0 Å². The lowest BCUT2D eigenvalue weighted by Crippen LogP contribution is -2.58. The molecule has 0 heterocycles. The summed E-state index contributed by atoms with van der Waals surface area (Å²) < 4.78 is 74.4. The molecule has 16 nitrogen and oxygen atoms in total. The highest BCUT2D eigenvalue weighted by molar-refractivity contribution is 7.86. The van der Waals surface area contributed by atoms with Crippen molar-refractivity contribution < 1.29 is 64.8 Å². The molecule has 8 rings (SSSR count). The average Bonchev–Trinajstić information content (AvgIpc) is 3.87. The molecule has 18 heteroatoms. The van der Waals surface area contributed by atoms with Gasteiger partial charge in [0.05, 0.1) is 23.7 Å². The third kappa shape index (κ3) is 12.7. The monoisotopic (exact) mass is 1090 g/mol. The van der Waals surface area contributed by atoms with E-state index in [9.17, 15) is 46.2 Å². The number of rotatable bonds is 20. The molecule has 0 aromatic rings. The lowest BCUT2D eigenvalue weighted by molar-refractivity contribution is -0.183. The second kappa shape index (κ2) is 23.0. The van der Waals surface area contributed by atoms with Gasteiger partial charge in [-0.25, -0.2) is 0 Å². The zero-order valence-electron chi connectivity index (χ0n) is 46.0. The second-order valence-corrected chi connectivity index (χ2v) is 30.1. The fraction of sp³-hybridized carbons (Fsp3) is 0.930. The first-order valence-corrected chi connectivity index (χ1v) is 32.6. The van der Waals surface area contributed by atoms with E-state index in [0.29, 0.717) is 92.3 Å². The third-order valence-electron chi connectivity index (χ3n) is 23.2. The molecule has 8 fully saturated rings. The van der Waals surface area contributed by atoms with Crippen molar-refractivity contribution in [1.82, 2.24) is 10.6 Å². The van der Waals surface area contributed by atoms with E-state index in [1.165, 1.54) is 0 Å². The Hall–Kier alpha value is -2.38. The number of carbonyl (C=O) groups is 4. The molecule has 4 unspecified atom stereocenters. The van der Waals surface area contributed by atoms with Gasteiger partial charge in [-0.1, -0.05) is 41.5 Å². The van der Waals surface area contributed by atoms with Crippen molar-refractivity contribution in [2.75, 3.05) is 24.6 Å². The van der Waals surface area contributed by atoms with Gasteiger partial charge in [0, 0.05) is 38.8 Å². The van der Waals surface area contributed by atoms with Gasteiger partial charge in [0.2, 0.25) is 11.8 Å². The minimum absolute atomic E-state index is 0.0529. The summed E-state index contributed by atoms with van der Waals surface area (Å²) >= 11 is 0. The van der Waals surface area contributed by atoms with Crippen molar-refractivity contribution in [2.45, 2.75) is 214 Å². The number of esters is 2.